The second-order valence-electron chi connectivity index (χ2n) is 7.15. The summed E-state index contributed by atoms with van der Waals surface area (Å²) < 4.78 is 2.75. The number of hydrogen-bond acceptors (Lipinski definition) is 6. The van der Waals surface area contributed by atoms with Crippen LogP contribution in [0.4, 0.5) is 0 Å². The number of pyridine rings is 1. The minimum absolute atomic E-state index is 0.0757. The molecular formula is C18H20N6OS. The molecule has 3 aliphatic rings. The van der Waals surface area contributed by atoms with Crippen molar-refractivity contribution >= 4 is 27.3 Å². The average molecular weight is 368 g/mol. The Morgan fingerprint density at radius 1 is 1.31 bits per heavy atom. The summed E-state index contributed by atoms with van der Waals surface area (Å²) in [5.41, 5.74) is 0.480. The SMILES string of the molecule is CC1C(NC(=O)c2cc3sc(-n4cncn4)cc3cn2)C2CCN1CC2. The molecule has 3 aromatic heterocycles. The van der Waals surface area contributed by atoms with Gasteiger partial charge in [0.05, 0.1) is 0 Å². The maximum absolute atomic E-state index is 12.8. The molecule has 0 radical (unpaired) electrons. The summed E-state index contributed by atoms with van der Waals surface area (Å²) >= 11 is 1.58. The first-order valence-corrected chi connectivity index (χ1v) is 9.80. The van der Waals surface area contributed by atoms with E-state index in [-0.39, 0.29) is 11.9 Å². The van der Waals surface area contributed by atoms with Gasteiger partial charge in [-0.1, -0.05) is 0 Å². The molecule has 3 saturated heterocycles. The van der Waals surface area contributed by atoms with Gasteiger partial charge in [-0.25, -0.2) is 9.67 Å². The third-order valence-electron chi connectivity index (χ3n) is 5.74. The van der Waals surface area contributed by atoms with Gasteiger partial charge in [0.2, 0.25) is 0 Å². The van der Waals surface area contributed by atoms with E-state index in [0.717, 1.165) is 28.2 Å². The van der Waals surface area contributed by atoms with Crippen LogP contribution in [-0.4, -0.2) is 55.7 Å². The second kappa shape index (κ2) is 6.14. The summed E-state index contributed by atoms with van der Waals surface area (Å²) in [4.78, 5) is 23.6. The normalized spacial score (nSPS) is 27.7. The maximum Gasteiger partial charge on any atom is 0.270 e. The molecule has 0 spiro atoms. The summed E-state index contributed by atoms with van der Waals surface area (Å²) in [5, 5.41) is 9.38. The van der Waals surface area contributed by atoms with E-state index in [0.29, 0.717) is 17.7 Å². The molecule has 3 aliphatic heterocycles. The molecule has 1 amide bonds. The molecule has 0 aromatic carbocycles. The van der Waals surface area contributed by atoms with E-state index in [4.69, 9.17) is 0 Å². The third kappa shape index (κ3) is 2.60. The summed E-state index contributed by atoms with van der Waals surface area (Å²) in [6, 6.07) is 4.51. The maximum atomic E-state index is 12.8. The Morgan fingerprint density at radius 3 is 2.88 bits per heavy atom. The van der Waals surface area contributed by atoms with E-state index < -0.39 is 0 Å². The topological polar surface area (TPSA) is 75.9 Å². The number of nitrogens with zero attached hydrogens (tertiary/aromatic N) is 5. The largest absolute Gasteiger partial charge is 0.346 e. The lowest BCUT2D eigenvalue weighted by Gasteiger charge is -2.49. The first-order chi connectivity index (χ1) is 12.7. The Labute approximate surface area is 155 Å². The number of amides is 1. The van der Waals surface area contributed by atoms with Crippen LogP contribution in [0.1, 0.15) is 30.3 Å². The molecule has 2 bridgehead atoms. The first kappa shape index (κ1) is 15.9. The Morgan fingerprint density at radius 2 is 2.15 bits per heavy atom. The lowest BCUT2D eigenvalue weighted by molar-refractivity contribution is 0.0216. The first-order valence-electron chi connectivity index (χ1n) is 8.98. The highest BCUT2D eigenvalue weighted by Gasteiger charge is 2.40. The van der Waals surface area contributed by atoms with Gasteiger partial charge in [0, 0.05) is 28.4 Å². The van der Waals surface area contributed by atoms with Crippen LogP contribution in [0, 0.1) is 5.92 Å². The predicted octanol–water partition coefficient (Wildman–Crippen LogP) is 2.09. The zero-order chi connectivity index (χ0) is 17.7. The van der Waals surface area contributed by atoms with Gasteiger partial charge in [-0.15, -0.1) is 11.3 Å². The number of carbonyl (C=O) groups excluding carboxylic acids is 1. The number of carbonyl (C=O) groups is 1. The Kier molecular flexibility index (Phi) is 3.75. The fourth-order valence-corrected chi connectivity index (χ4v) is 5.25. The zero-order valence-corrected chi connectivity index (χ0v) is 15.3. The highest BCUT2D eigenvalue weighted by atomic mass is 32.1. The molecule has 1 N–H and O–H groups in total. The molecule has 2 atom stereocenters. The van der Waals surface area contributed by atoms with E-state index in [1.165, 1.54) is 19.2 Å². The number of nitrogens with one attached hydrogen (secondary N) is 1. The van der Waals surface area contributed by atoms with Gasteiger partial charge >= 0.3 is 0 Å². The van der Waals surface area contributed by atoms with Gasteiger partial charge in [0.15, 0.2) is 0 Å². The molecule has 7 nitrogen and oxygen atoms in total. The second-order valence-corrected chi connectivity index (χ2v) is 8.21. The molecule has 6 heterocycles. The molecule has 0 saturated carbocycles. The van der Waals surface area contributed by atoms with Crippen molar-refractivity contribution in [2.75, 3.05) is 13.1 Å². The van der Waals surface area contributed by atoms with Gasteiger partial charge in [0.25, 0.3) is 5.91 Å². The van der Waals surface area contributed by atoms with Crippen molar-refractivity contribution in [3.05, 3.63) is 36.7 Å². The van der Waals surface area contributed by atoms with Gasteiger partial charge in [-0.05, 0) is 50.9 Å². The summed E-state index contributed by atoms with van der Waals surface area (Å²) in [6.07, 6.45) is 7.29. The van der Waals surface area contributed by atoms with Crippen molar-refractivity contribution in [1.29, 1.82) is 0 Å². The lowest BCUT2D eigenvalue weighted by Crippen LogP contribution is -2.62. The van der Waals surface area contributed by atoms with Crippen LogP contribution < -0.4 is 5.32 Å². The lowest BCUT2D eigenvalue weighted by atomic mass is 9.79. The molecular weight excluding hydrogens is 348 g/mol. The monoisotopic (exact) mass is 368 g/mol. The van der Waals surface area contributed by atoms with Crippen molar-refractivity contribution in [1.82, 2.24) is 30.0 Å². The Bertz CT molecular complexity index is 942. The molecule has 8 heteroatoms. The standard InChI is InChI=1S/C18H20N6OS/c1-11-17(12-2-4-23(11)5-3-12)22-18(25)14-7-15-13(8-20-14)6-16(26-15)24-10-19-9-21-24/h6-12,17H,2-5H2,1H3,(H,22,25). The quantitative estimate of drug-likeness (QED) is 0.766. The van der Waals surface area contributed by atoms with E-state index in [9.17, 15) is 4.79 Å². The van der Waals surface area contributed by atoms with E-state index in [2.05, 4.69) is 32.2 Å². The molecule has 134 valence electrons. The van der Waals surface area contributed by atoms with Gasteiger partial charge in [-0.2, -0.15) is 5.10 Å². The van der Waals surface area contributed by atoms with Gasteiger partial charge < -0.3 is 5.32 Å². The van der Waals surface area contributed by atoms with Crippen LogP contribution in [0.3, 0.4) is 0 Å². The molecule has 2 unspecified atom stereocenters. The summed E-state index contributed by atoms with van der Waals surface area (Å²) in [7, 11) is 0. The van der Waals surface area contributed by atoms with Crippen LogP contribution in [0.25, 0.3) is 15.1 Å². The minimum atomic E-state index is -0.0757. The fraction of sp³-hybridized carbons (Fsp3) is 0.444. The average Bonchev–Trinajstić information content (AvgIpc) is 3.33. The number of piperidine rings is 3. The summed E-state index contributed by atoms with van der Waals surface area (Å²) in [6.45, 7) is 4.53. The fourth-order valence-electron chi connectivity index (χ4n) is 4.25. The smallest absolute Gasteiger partial charge is 0.270 e. The van der Waals surface area contributed by atoms with E-state index in [1.807, 2.05) is 12.1 Å². The van der Waals surface area contributed by atoms with Crippen molar-refractivity contribution in [3.8, 4) is 5.00 Å². The van der Waals surface area contributed by atoms with Crippen LogP contribution in [0.5, 0.6) is 0 Å². The van der Waals surface area contributed by atoms with Crippen molar-refractivity contribution in [2.24, 2.45) is 5.92 Å². The molecule has 3 fully saturated rings. The van der Waals surface area contributed by atoms with E-state index >= 15 is 0 Å². The molecule has 3 aromatic rings. The Balaban J connectivity index is 1.39. The van der Waals surface area contributed by atoms with Crippen LogP contribution in [0.2, 0.25) is 0 Å². The predicted molar refractivity (Wildman–Crippen MR) is 99.6 cm³/mol. The van der Waals surface area contributed by atoms with Crippen LogP contribution in [0.15, 0.2) is 31.0 Å². The number of rotatable bonds is 3. The van der Waals surface area contributed by atoms with E-state index in [1.54, 1.807) is 28.5 Å². The highest BCUT2D eigenvalue weighted by Crippen LogP contribution is 2.32. The highest BCUT2D eigenvalue weighted by molar-refractivity contribution is 7.21. The molecule has 6 rings (SSSR count). The number of thiophene rings is 1. The van der Waals surface area contributed by atoms with Crippen molar-refractivity contribution in [2.45, 2.75) is 31.8 Å². The minimum Gasteiger partial charge on any atom is -0.346 e. The number of fused-ring (bicyclic) bond motifs is 4. The number of hydrogen-bond donors (Lipinski definition) is 1. The molecule has 26 heavy (non-hydrogen) atoms. The number of aromatic nitrogens is 4. The third-order valence-corrected chi connectivity index (χ3v) is 6.83. The van der Waals surface area contributed by atoms with Crippen molar-refractivity contribution < 1.29 is 4.79 Å². The van der Waals surface area contributed by atoms with Crippen LogP contribution >= 0.6 is 11.3 Å². The zero-order valence-electron chi connectivity index (χ0n) is 14.5. The Hall–Kier alpha value is -2.32. The van der Waals surface area contributed by atoms with Gasteiger partial charge in [0.1, 0.15) is 23.3 Å². The summed E-state index contributed by atoms with van der Waals surface area (Å²) in [5.74, 6) is 0.511. The van der Waals surface area contributed by atoms with Crippen molar-refractivity contribution in [3.63, 3.8) is 0 Å². The van der Waals surface area contributed by atoms with Gasteiger partial charge in [-0.3, -0.25) is 14.7 Å². The van der Waals surface area contributed by atoms with Crippen LogP contribution in [-0.2, 0) is 0 Å². The molecule has 0 aliphatic carbocycles.